The molecule has 0 aliphatic rings. The van der Waals surface area contributed by atoms with Gasteiger partial charge in [0.25, 0.3) is 0 Å². The average molecular weight is 505 g/mol. The Labute approximate surface area is 214 Å². The lowest BCUT2D eigenvalue weighted by Gasteiger charge is -2.15. The van der Waals surface area contributed by atoms with Crippen molar-refractivity contribution in [3.05, 3.63) is 71.8 Å². The maximum absolute atomic E-state index is 13.3. The Morgan fingerprint density at radius 2 is 1.39 bits per heavy atom. The smallest absolute Gasteiger partial charge is 0.203 e. The third-order valence-corrected chi connectivity index (χ3v) is 7.08. The Hall–Kier alpha value is -3.97. The zero-order chi connectivity index (χ0) is 25.8. The van der Waals surface area contributed by atoms with Gasteiger partial charge in [0.15, 0.2) is 17.3 Å². The molecule has 6 nitrogen and oxygen atoms in total. The van der Waals surface area contributed by atoms with Crippen LogP contribution >= 0.6 is 11.3 Å². The molecule has 36 heavy (non-hydrogen) atoms. The van der Waals surface area contributed by atoms with Gasteiger partial charge in [-0.3, -0.25) is 4.79 Å². The highest BCUT2D eigenvalue weighted by Crippen LogP contribution is 2.43. The van der Waals surface area contributed by atoms with Crippen LogP contribution in [-0.4, -0.2) is 41.3 Å². The van der Waals surface area contributed by atoms with E-state index in [1.165, 1.54) is 31.4 Å². The minimum Gasteiger partial charge on any atom is -0.496 e. The third-order valence-electron chi connectivity index (χ3n) is 5.93. The van der Waals surface area contributed by atoms with Gasteiger partial charge in [0.05, 0.1) is 35.5 Å². The molecule has 0 aliphatic heterocycles. The average Bonchev–Trinajstić information content (AvgIpc) is 3.35. The molecule has 0 aliphatic carbocycles. The van der Waals surface area contributed by atoms with Gasteiger partial charge in [-0.05, 0) is 54.3 Å². The number of carbonyl (C=O) groups is 1. The molecule has 0 N–H and O–H groups in total. The fraction of sp³-hybridized carbons (Fsp3) is 0.207. The van der Waals surface area contributed by atoms with E-state index in [0.717, 1.165) is 21.6 Å². The number of fused-ring (bicyclic) bond motifs is 1. The minimum absolute atomic E-state index is 0.201. The summed E-state index contributed by atoms with van der Waals surface area (Å²) >= 11 is 1.69. The topological polar surface area (TPSA) is 63.2 Å². The SMILES string of the molecule is COc1cc(OC)c(-c2cc3ccccc3s2)cc1/C(C)=C\C(=O)c1cc(OC)c(OC)c(OC)c1. The van der Waals surface area contributed by atoms with Crippen molar-refractivity contribution in [3.63, 3.8) is 0 Å². The van der Waals surface area contributed by atoms with Crippen LogP contribution in [0.2, 0.25) is 0 Å². The van der Waals surface area contributed by atoms with Crippen molar-refractivity contribution in [2.75, 3.05) is 35.5 Å². The summed E-state index contributed by atoms with van der Waals surface area (Å²) in [6, 6.07) is 17.5. The van der Waals surface area contributed by atoms with E-state index < -0.39 is 0 Å². The molecule has 4 rings (SSSR count). The number of methoxy groups -OCH3 is 5. The van der Waals surface area contributed by atoms with E-state index in [1.807, 2.05) is 31.2 Å². The molecule has 0 amide bonds. The molecule has 0 fully saturated rings. The normalized spacial score (nSPS) is 11.3. The third kappa shape index (κ3) is 4.75. The van der Waals surface area contributed by atoms with Crippen molar-refractivity contribution in [1.29, 1.82) is 0 Å². The summed E-state index contributed by atoms with van der Waals surface area (Å²) in [5.41, 5.74) is 2.89. The van der Waals surface area contributed by atoms with Crippen LogP contribution in [0.1, 0.15) is 22.8 Å². The number of allylic oxidation sites excluding steroid dienone is 2. The van der Waals surface area contributed by atoms with Gasteiger partial charge in [-0.15, -0.1) is 11.3 Å². The quantitative estimate of drug-likeness (QED) is 0.183. The van der Waals surface area contributed by atoms with Gasteiger partial charge in [0.1, 0.15) is 11.5 Å². The van der Waals surface area contributed by atoms with Crippen molar-refractivity contribution >= 4 is 32.8 Å². The lowest BCUT2D eigenvalue weighted by atomic mass is 9.98. The first-order valence-electron chi connectivity index (χ1n) is 11.2. The van der Waals surface area contributed by atoms with Crippen molar-refractivity contribution in [2.45, 2.75) is 6.92 Å². The molecule has 0 saturated heterocycles. The Balaban J connectivity index is 1.79. The highest BCUT2D eigenvalue weighted by Gasteiger charge is 2.19. The number of hydrogen-bond donors (Lipinski definition) is 0. The monoisotopic (exact) mass is 504 g/mol. The van der Waals surface area contributed by atoms with Crippen molar-refractivity contribution in [1.82, 2.24) is 0 Å². The predicted octanol–water partition coefficient (Wildman–Crippen LogP) is 6.90. The summed E-state index contributed by atoms with van der Waals surface area (Å²) in [7, 11) is 7.80. The van der Waals surface area contributed by atoms with Crippen LogP contribution in [-0.2, 0) is 0 Å². The summed E-state index contributed by atoms with van der Waals surface area (Å²) < 4.78 is 28.7. The van der Waals surface area contributed by atoms with E-state index in [4.69, 9.17) is 23.7 Å². The number of ketones is 1. The van der Waals surface area contributed by atoms with Gasteiger partial charge in [0, 0.05) is 32.3 Å². The van der Waals surface area contributed by atoms with E-state index >= 15 is 0 Å². The lowest BCUT2D eigenvalue weighted by molar-refractivity contribution is 0.104. The van der Waals surface area contributed by atoms with E-state index in [2.05, 4.69) is 18.2 Å². The first-order chi connectivity index (χ1) is 17.4. The number of rotatable bonds is 9. The summed E-state index contributed by atoms with van der Waals surface area (Å²) in [4.78, 5) is 14.3. The Bertz CT molecular complexity index is 1390. The van der Waals surface area contributed by atoms with Gasteiger partial charge < -0.3 is 23.7 Å². The molecule has 0 atom stereocenters. The molecule has 0 bridgehead atoms. The van der Waals surface area contributed by atoms with Crippen molar-refractivity contribution in [3.8, 4) is 39.2 Å². The van der Waals surface area contributed by atoms with Gasteiger partial charge in [-0.25, -0.2) is 0 Å². The predicted molar refractivity (Wildman–Crippen MR) is 144 cm³/mol. The molecule has 3 aromatic carbocycles. The van der Waals surface area contributed by atoms with E-state index in [-0.39, 0.29) is 5.78 Å². The lowest BCUT2D eigenvalue weighted by Crippen LogP contribution is -2.02. The van der Waals surface area contributed by atoms with E-state index in [9.17, 15) is 4.79 Å². The van der Waals surface area contributed by atoms with Gasteiger partial charge in [0.2, 0.25) is 5.75 Å². The maximum Gasteiger partial charge on any atom is 0.203 e. The number of benzene rings is 3. The fourth-order valence-corrected chi connectivity index (χ4v) is 5.18. The molecule has 4 aromatic rings. The number of ether oxygens (including phenoxy) is 5. The second-order valence-corrected chi connectivity index (χ2v) is 9.09. The molecule has 1 aromatic heterocycles. The summed E-state index contributed by atoms with van der Waals surface area (Å²) in [6.45, 7) is 1.88. The molecule has 7 heteroatoms. The number of hydrogen-bond acceptors (Lipinski definition) is 7. The number of thiophene rings is 1. The highest BCUT2D eigenvalue weighted by molar-refractivity contribution is 7.22. The van der Waals surface area contributed by atoms with Gasteiger partial charge in [-0.1, -0.05) is 18.2 Å². The van der Waals surface area contributed by atoms with Crippen molar-refractivity contribution in [2.24, 2.45) is 0 Å². The highest BCUT2D eigenvalue weighted by atomic mass is 32.1. The molecule has 0 saturated carbocycles. The standard InChI is InChI=1S/C29H28O6S/c1-17(11-22(30)19-12-25(33-4)29(35-6)26(13-19)34-5)20-15-21(24(32-3)16-23(20)31-2)28-14-18-9-7-8-10-27(18)36-28/h7-16H,1-6H3/b17-11-. The molecule has 0 unspecified atom stereocenters. The van der Waals surface area contributed by atoms with Crippen LogP contribution in [0.4, 0.5) is 0 Å². The first kappa shape index (κ1) is 25.1. The minimum atomic E-state index is -0.201. The Kier molecular flexibility index (Phi) is 7.50. The van der Waals surface area contributed by atoms with Crippen LogP contribution in [0.5, 0.6) is 28.7 Å². The summed E-state index contributed by atoms with van der Waals surface area (Å²) in [6.07, 6.45) is 1.58. The van der Waals surface area contributed by atoms with Crippen LogP contribution in [0.15, 0.2) is 60.7 Å². The molecule has 1 heterocycles. The summed E-state index contributed by atoms with van der Waals surface area (Å²) in [5, 5.41) is 1.17. The van der Waals surface area contributed by atoms with E-state index in [1.54, 1.807) is 43.8 Å². The van der Waals surface area contributed by atoms with Crippen LogP contribution < -0.4 is 23.7 Å². The van der Waals surface area contributed by atoms with Crippen LogP contribution in [0, 0.1) is 0 Å². The second kappa shape index (κ2) is 10.7. The van der Waals surface area contributed by atoms with E-state index in [0.29, 0.717) is 34.3 Å². The van der Waals surface area contributed by atoms with Crippen molar-refractivity contribution < 1.29 is 28.5 Å². The Morgan fingerprint density at radius 1 is 0.750 bits per heavy atom. The molecule has 0 radical (unpaired) electrons. The van der Waals surface area contributed by atoms with Crippen LogP contribution in [0.3, 0.4) is 0 Å². The molecular formula is C29H28O6S. The van der Waals surface area contributed by atoms with Crippen LogP contribution in [0.25, 0.3) is 26.1 Å². The first-order valence-corrected chi connectivity index (χ1v) is 12.0. The maximum atomic E-state index is 13.3. The van der Waals surface area contributed by atoms with Gasteiger partial charge >= 0.3 is 0 Å². The second-order valence-electron chi connectivity index (χ2n) is 8.01. The number of carbonyl (C=O) groups excluding carboxylic acids is 1. The zero-order valence-electron chi connectivity index (χ0n) is 21.1. The zero-order valence-corrected chi connectivity index (χ0v) is 21.9. The molecule has 186 valence electrons. The molecule has 0 spiro atoms. The summed E-state index contributed by atoms with van der Waals surface area (Å²) in [5.74, 6) is 2.38. The molecular weight excluding hydrogens is 476 g/mol. The van der Waals surface area contributed by atoms with Gasteiger partial charge in [-0.2, -0.15) is 0 Å². The fourth-order valence-electron chi connectivity index (χ4n) is 4.10. The largest absolute Gasteiger partial charge is 0.496 e. The Morgan fingerprint density at radius 3 is 1.97 bits per heavy atom.